The number of hydrogen-bond donors (Lipinski definition) is 2. The van der Waals surface area contributed by atoms with Crippen LogP contribution in [0.5, 0.6) is 0 Å². The van der Waals surface area contributed by atoms with Crippen molar-refractivity contribution in [2.45, 2.75) is 12.5 Å². The first kappa shape index (κ1) is 14.3. The predicted octanol–water partition coefficient (Wildman–Crippen LogP) is 2.21. The van der Waals surface area contributed by atoms with Crippen LogP contribution in [0, 0.1) is 0 Å². The van der Waals surface area contributed by atoms with Gasteiger partial charge in [0.05, 0.1) is 35.4 Å². The van der Waals surface area contributed by atoms with Crippen LogP contribution in [0.3, 0.4) is 0 Å². The largest absolute Gasteiger partial charge is 0.375 e. The third-order valence-corrected chi connectivity index (χ3v) is 3.72. The number of fused-ring (bicyclic) bond motifs is 1. The number of benzene rings is 1. The highest BCUT2D eigenvalue weighted by atomic mass is 35.5. The number of carbonyl (C=O) groups excluding carboxylic acids is 1. The smallest absolute Gasteiger partial charge is 0.227 e. The first-order valence-electron chi connectivity index (χ1n) is 6.89. The van der Waals surface area contributed by atoms with E-state index in [1.54, 1.807) is 18.3 Å². The molecule has 0 bridgehead atoms. The zero-order chi connectivity index (χ0) is 14.7. The van der Waals surface area contributed by atoms with Gasteiger partial charge in [0, 0.05) is 24.7 Å². The number of amides is 1. The Morgan fingerprint density at radius 3 is 3.19 bits per heavy atom. The van der Waals surface area contributed by atoms with Crippen LogP contribution in [-0.4, -0.2) is 36.7 Å². The molecule has 1 saturated heterocycles. The molecule has 21 heavy (non-hydrogen) atoms. The first-order chi connectivity index (χ1) is 10.2. The fraction of sp³-hybridized carbons (Fsp3) is 0.333. The summed E-state index contributed by atoms with van der Waals surface area (Å²) in [6, 6.07) is 7.25. The molecule has 1 amide bonds. The van der Waals surface area contributed by atoms with Crippen molar-refractivity contribution in [1.82, 2.24) is 10.3 Å². The quantitative estimate of drug-likeness (QED) is 0.912. The van der Waals surface area contributed by atoms with Gasteiger partial charge in [0.15, 0.2) is 0 Å². The third kappa shape index (κ3) is 3.32. The lowest BCUT2D eigenvalue weighted by molar-refractivity contribution is -0.119. The summed E-state index contributed by atoms with van der Waals surface area (Å²) in [5.41, 5.74) is 1.41. The maximum Gasteiger partial charge on any atom is 0.227 e. The Kier molecular flexibility index (Phi) is 4.34. The van der Waals surface area contributed by atoms with Gasteiger partial charge in [-0.25, -0.2) is 0 Å². The maximum atomic E-state index is 12.1. The Labute approximate surface area is 127 Å². The molecule has 1 aromatic heterocycles. The van der Waals surface area contributed by atoms with Crippen molar-refractivity contribution in [3.63, 3.8) is 0 Å². The van der Waals surface area contributed by atoms with Crippen molar-refractivity contribution in [3.05, 3.63) is 35.5 Å². The Bertz CT molecular complexity index is 656. The van der Waals surface area contributed by atoms with E-state index in [9.17, 15) is 4.79 Å². The van der Waals surface area contributed by atoms with Gasteiger partial charge in [0.2, 0.25) is 5.91 Å². The van der Waals surface area contributed by atoms with E-state index in [0.29, 0.717) is 30.1 Å². The van der Waals surface area contributed by atoms with Gasteiger partial charge < -0.3 is 15.4 Å². The number of rotatable bonds is 3. The molecule has 3 rings (SSSR count). The molecule has 1 aromatic carbocycles. The Balaban J connectivity index is 1.75. The summed E-state index contributed by atoms with van der Waals surface area (Å²) in [6.07, 6.45) is 1.94. The molecule has 2 aromatic rings. The van der Waals surface area contributed by atoms with Crippen LogP contribution in [0.15, 0.2) is 30.5 Å². The van der Waals surface area contributed by atoms with Crippen molar-refractivity contribution < 1.29 is 9.53 Å². The predicted molar refractivity (Wildman–Crippen MR) is 82.6 cm³/mol. The number of nitrogens with one attached hydrogen (secondary N) is 2. The van der Waals surface area contributed by atoms with E-state index < -0.39 is 0 Å². The molecule has 0 spiro atoms. The van der Waals surface area contributed by atoms with E-state index in [-0.39, 0.29) is 12.0 Å². The van der Waals surface area contributed by atoms with Crippen LogP contribution in [0.4, 0.5) is 5.69 Å². The van der Waals surface area contributed by atoms with Gasteiger partial charge in [-0.15, -0.1) is 0 Å². The summed E-state index contributed by atoms with van der Waals surface area (Å²) < 4.78 is 5.54. The molecule has 0 saturated carbocycles. The highest BCUT2D eigenvalue weighted by Crippen LogP contribution is 2.28. The summed E-state index contributed by atoms with van der Waals surface area (Å²) in [5, 5.41) is 7.53. The molecule has 1 atom stereocenters. The van der Waals surface area contributed by atoms with Gasteiger partial charge in [-0.3, -0.25) is 9.78 Å². The molecule has 5 nitrogen and oxygen atoms in total. The summed E-state index contributed by atoms with van der Waals surface area (Å²) in [4.78, 5) is 16.4. The van der Waals surface area contributed by atoms with Gasteiger partial charge in [-0.05, 0) is 24.3 Å². The number of pyridine rings is 1. The van der Waals surface area contributed by atoms with Crippen molar-refractivity contribution in [1.29, 1.82) is 0 Å². The average molecular weight is 306 g/mol. The summed E-state index contributed by atoms with van der Waals surface area (Å²) in [6.45, 7) is 2.19. The van der Waals surface area contributed by atoms with E-state index in [4.69, 9.17) is 16.3 Å². The molecule has 1 aliphatic rings. The van der Waals surface area contributed by atoms with E-state index >= 15 is 0 Å². The normalized spacial score (nSPS) is 18.6. The standard InChI is InChI=1S/C15H16ClN3O2/c16-12-3-4-13(11-2-1-5-18-15(11)12)19-14(20)8-10-9-17-6-7-21-10/h1-5,10,17H,6-9H2,(H,19,20). The van der Waals surface area contributed by atoms with Gasteiger partial charge in [-0.2, -0.15) is 0 Å². The number of ether oxygens (including phenoxy) is 1. The summed E-state index contributed by atoms with van der Waals surface area (Å²) in [7, 11) is 0. The van der Waals surface area contributed by atoms with Crippen LogP contribution in [0.1, 0.15) is 6.42 Å². The lowest BCUT2D eigenvalue weighted by Gasteiger charge is -2.23. The zero-order valence-electron chi connectivity index (χ0n) is 11.4. The summed E-state index contributed by atoms with van der Waals surface area (Å²) >= 11 is 6.12. The Morgan fingerprint density at radius 1 is 1.48 bits per heavy atom. The number of hydrogen-bond acceptors (Lipinski definition) is 4. The monoisotopic (exact) mass is 305 g/mol. The molecular formula is C15H16ClN3O2. The minimum Gasteiger partial charge on any atom is -0.375 e. The van der Waals surface area contributed by atoms with Crippen molar-refractivity contribution in [2.24, 2.45) is 0 Å². The molecule has 6 heteroatoms. The van der Waals surface area contributed by atoms with Crippen LogP contribution in [0.25, 0.3) is 10.9 Å². The van der Waals surface area contributed by atoms with Crippen molar-refractivity contribution in [3.8, 4) is 0 Å². The second-order valence-electron chi connectivity index (χ2n) is 4.94. The van der Waals surface area contributed by atoms with Crippen LogP contribution in [0.2, 0.25) is 5.02 Å². The molecule has 1 aliphatic heterocycles. The Morgan fingerprint density at radius 2 is 2.38 bits per heavy atom. The molecule has 110 valence electrons. The summed E-state index contributed by atoms with van der Waals surface area (Å²) in [5.74, 6) is -0.0730. The van der Waals surface area contributed by atoms with E-state index in [2.05, 4.69) is 15.6 Å². The van der Waals surface area contributed by atoms with Gasteiger partial charge in [-0.1, -0.05) is 11.6 Å². The van der Waals surface area contributed by atoms with Gasteiger partial charge in [0.25, 0.3) is 0 Å². The fourth-order valence-corrected chi connectivity index (χ4v) is 2.62. The molecule has 1 unspecified atom stereocenters. The van der Waals surface area contributed by atoms with E-state index in [1.165, 1.54) is 0 Å². The number of anilines is 1. The number of morpholine rings is 1. The SMILES string of the molecule is O=C(CC1CNCCO1)Nc1ccc(Cl)c2ncccc12. The number of aromatic nitrogens is 1. The first-order valence-corrected chi connectivity index (χ1v) is 7.27. The average Bonchev–Trinajstić information content (AvgIpc) is 2.51. The minimum atomic E-state index is -0.0737. The van der Waals surface area contributed by atoms with Gasteiger partial charge >= 0.3 is 0 Å². The highest BCUT2D eigenvalue weighted by Gasteiger charge is 2.18. The minimum absolute atomic E-state index is 0.0730. The Hall–Kier alpha value is -1.69. The molecule has 0 radical (unpaired) electrons. The zero-order valence-corrected chi connectivity index (χ0v) is 12.2. The van der Waals surface area contributed by atoms with E-state index in [1.807, 2.05) is 12.1 Å². The number of halogens is 1. The molecular weight excluding hydrogens is 290 g/mol. The van der Waals surface area contributed by atoms with Gasteiger partial charge in [0.1, 0.15) is 0 Å². The third-order valence-electron chi connectivity index (χ3n) is 3.41. The van der Waals surface area contributed by atoms with Crippen LogP contribution in [-0.2, 0) is 9.53 Å². The van der Waals surface area contributed by atoms with Crippen molar-refractivity contribution in [2.75, 3.05) is 25.0 Å². The number of carbonyl (C=O) groups is 1. The molecule has 1 fully saturated rings. The second kappa shape index (κ2) is 6.39. The highest BCUT2D eigenvalue weighted by molar-refractivity contribution is 6.35. The van der Waals surface area contributed by atoms with Crippen molar-refractivity contribution >= 4 is 34.1 Å². The fourth-order valence-electron chi connectivity index (χ4n) is 2.41. The lowest BCUT2D eigenvalue weighted by atomic mass is 10.1. The molecule has 2 N–H and O–H groups in total. The van der Waals surface area contributed by atoms with Crippen LogP contribution < -0.4 is 10.6 Å². The van der Waals surface area contributed by atoms with E-state index in [0.717, 1.165) is 17.6 Å². The topological polar surface area (TPSA) is 63.2 Å². The molecule has 2 heterocycles. The maximum absolute atomic E-state index is 12.1. The lowest BCUT2D eigenvalue weighted by Crippen LogP contribution is -2.40. The van der Waals surface area contributed by atoms with Crippen LogP contribution >= 0.6 is 11.6 Å². The number of nitrogens with zero attached hydrogens (tertiary/aromatic N) is 1. The second-order valence-corrected chi connectivity index (χ2v) is 5.35. The molecule has 0 aliphatic carbocycles.